The van der Waals surface area contributed by atoms with Crippen molar-refractivity contribution in [1.29, 1.82) is 0 Å². The smallest absolute Gasteiger partial charge is 0.0669 e. The predicted octanol–water partition coefficient (Wildman–Crippen LogP) is 0.0214. The Morgan fingerprint density at radius 1 is 1.62 bits per heavy atom. The van der Waals surface area contributed by atoms with Gasteiger partial charge in [-0.05, 0) is 19.0 Å². The van der Waals surface area contributed by atoms with Crippen LogP contribution in [0.4, 0.5) is 0 Å². The standard InChI is InChI=1S/C9H15N3O/c13-4-2-8-5-9(12-11-8)7-1-3-10-6-7/h5,7,10,13H,1-4,6H2,(H,11,12)/t7-/m0/s1. The molecule has 0 aromatic carbocycles. The number of aromatic nitrogens is 2. The van der Waals surface area contributed by atoms with E-state index in [9.17, 15) is 0 Å². The molecule has 2 rings (SSSR count). The van der Waals surface area contributed by atoms with Crippen molar-refractivity contribution in [3.8, 4) is 0 Å². The second kappa shape index (κ2) is 3.89. The maximum Gasteiger partial charge on any atom is 0.0669 e. The topological polar surface area (TPSA) is 60.9 Å². The molecule has 1 aliphatic heterocycles. The average Bonchev–Trinajstić information content (AvgIpc) is 2.70. The van der Waals surface area contributed by atoms with Gasteiger partial charge < -0.3 is 10.4 Å². The van der Waals surface area contributed by atoms with Gasteiger partial charge in [-0.15, -0.1) is 0 Å². The van der Waals surface area contributed by atoms with Crippen molar-refractivity contribution in [3.63, 3.8) is 0 Å². The molecule has 1 fully saturated rings. The molecule has 0 unspecified atom stereocenters. The Morgan fingerprint density at radius 2 is 2.54 bits per heavy atom. The summed E-state index contributed by atoms with van der Waals surface area (Å²) < 4.78 is 0. The molecule has 0 aliphatic carbocycles. The molecule has 1 aromatic heterocycles. The summed E-state index contributed by atoms with van der Waals surface area (Å²) in [5.41, 5.74) is 2.16. The van der Waals surface area contributed by atoms with Gasteiger partial charge in [-0.2, -0.15) is 5.10 Å². The molecule has 1 aliphatic rings. The first-order valence-electron chi connectivity index (χ1n) is 4.76. The van der Waals surface area contributed by atoms with Crippen LogP contribution in [0.3, 0.4) is 0 Å². The number of rotatable bonds is 3. The molecule has 0 radical (unpaired) electrons. The summed E-state index contributed by atoms with van der Waals surface area (Å²) >= 11 is 0. The number of H-pyrrole nitrogens is 1. The zero-order valence-corrected chi connectivity index (χ0v) is 7.58. The first kappa shape index (κ1) is 8.72. The molecule has 1 aromatic rings. The van der Waals surface area contributed by atoms with Crippen LogP contribution in [-0.2, 0) is 6.42 Å². The van der Waals surface area contributed by atoms with Crippen molar-refractivity contribution < 1.29 is 5.11 Å². The molecular weight excluding hydrogens is 166 g/mol. The Balaban J connectivity index is 2.03. The Bertz CT molecular complexity index is 266. The van der Waals surface area contributed by atoms with Crippen molar-refractivity contribution in [2.24, 2.45) is 0 Å². The SMILES string of the molecule is OCCc1cc([C@H]2CCNC2)n[nH]1. The third kappa shape index (κ3) is 1.89. The van der Waals surface area contributed by atoms with Crippen LogP contribution in [0.1, 0.15) is 23.7 Å². The monoisotopic (exact) mass is 181 g/mol. The number of aliphatic hydroxyl groups is 1. The summed E-state index contributed by atoms with van der Waals surface area (Å²) in [7, 11) is 0. The highest BCUT2D eigenvalue weighted by Crippen LogP contribution is 2.20. The molecule has 0 amide bonds. The normalized spacial score (nSPS) is 22.4. The van der Waals surface area contributed by atoms with E-state index in [-0.39, 0.29) is 6.61 Å². The van der Waals surface area contributed by atoms with Crippen molar-refractivity contribution in [1.82, 2.24) is 15.5 Å². The molecule has 1 saturated heterocycles. The number of hydrogen-bond acceptors (Lipinski definition) is 3. The maximum atomic E-state index is 8.73. The zero-order valence-electron chi connectivity index (χ0n) is 7.58. The summed E-state index contributed by atoms with van der Waals surface area (Å²) in [5, 5.41) is 19.2. The van der Waals surface area contributed by atoms with Gasteiger partial charge in [0, 0.05) is 31.2 Å². The highest BCUT2D eigenvalue weighted by atomic mass is 16.3. The molecule has 4 nitrogen and oxygen atoms in total. The summed E-state index contributed by atoms with van der Waals surface area (Å²) in [4.78, 5) is 0. The number of aromatic amines is 1. The Hall–Kier alpha value is -0.870. The third-order valence-electron chi connectivity index (χ3n) is 2.51. The molecule has 1 atom stereocenters. The predicted molar refractivity (Wildman–Crippen MR) is 49.6 cm³/mol. The molecule has 72 valence electrons. The largest absolute Gasteiger partial charge is 0.396 e. The summed E-state index contributed by atoms with van der Waals surface area (Å²) in [6.07, 6.45) is 1.84. The number of nitrogens with one attached hydrogen (secondary N) is 2. The number of aliphatic hydroxyl groups excluding tert-OH is 1. The van der Waals surface area contributed by atoms with Crippen molar-refractivity contribution >= 4 is 0 Å². The second-order valence-electron chi connectivity index (χ2n) is 3.48. The minimum atomic E-state index is 0.185. The highest BCUT2D eigenvalue weighted by Gasteiger charge is 2.18. The Morgan fingerprint density at radius 3 is 3.23 bits per heavy atom. The van der Waals surface area contributed by atoms with Crippen LogP contribution in [-0.4, -0.2) is 35.0 Å². The van der Waals surface area contributed by atoms with E-state index >= 15 is 0 Å². The van der Waals surface area contributed by atoms with Gasteiger partial charge in [0.1, 0.15) is 0 Å². The fourth-order valence-electron chi connectivity index (χ4n) is 1.74. The first-order valence-corrected chi connectivity index (χ1v) is 4.76. The highest BCUT2D eigenvalue weighted by molar-refractivity contribution is 5.15. The minimum Gasteiger partial charge on any atom is -0.396 e. The van der Waals surface area contributed by atoms with Crippen LogP contribution in [0.25, 0.3) is 0 Å². The van der Waals surface area contributed by atoms with Gasteiger partial charge in [-0.1, -0.05) is 0 Å². The van der Waals surface area contributed by atoms with Gasteiger partial charge in [0.05, 0.1) is 5.69 Å². The van der Waals surface area contributed by atoms with E-state index in [1.165, 1.54) is 6.42 Å². The van der Waals surface area contributed by atoms with Gasteiger partial charge in [0.2, 0.25) is 0 Å². The molecule has 0 bridgehead atoms. The van der Waals surface area contributed by atoms with Crippen LogP contribution in [0.5, 0.6) is 0 Å². The fourth-order valence-corrected chi connectivity index (χ4v) is 1.74. The lowest BCUT2D eigenvalue weighted by Gasteiger charge is -2.01. The molecule has 4 heteroatoms. The van der Waals surface area contributed by atoms with Gasteiger partial charge >= 0.3 is 0 Å². The van der Waals surface area contributed by atoms with Crippen LogP contribution in [0, 0.1) is 0 Å². The quantitative estimate of drug-likeness (QED) is 0.616. The van der Waals surface area contributed by atoms with Crippen LogP contribution < -0.4 is 5.32 Å². The van der Waals surface area contributed by atoms with Crippen molar-refractivity contribution in [3.05, 3.63) is 17.5 Å². The molecule has 3 N–H and O–H groups in total. The van der Waals surface area contributed by atoms with Crippen molar-refractivity contribution in [2.45, 2.75) is 18.8 Å². The van der Waals surface area contributed by atoms with Gasteiger partial charge in [-0.25, -0.2) is 0 Å². The van der Waals surface area contributed by atoms with Gasteiger partial charge in [0.15, 0.2) is 0 Å². The summed E-state index contributed by atoms with van der Waals surface area (Å²) in [6, 6.07) is 2.06. The lowest BCUT2D eigenvalue weighted by molar-refractivity contribution is 0.298. The summed E-state index contributed by atoms with van der Waals surface area (Å²) in [5.74, 6) is 0.559. The second-order valence-corrected chi connectivity index (χ2v) is 3.48. The average molecular weight is 181 g/mol. The van der Waals surface area contributed by atoms with Crippen molar-refractivity contribution in [2.75, 3.05) is 19.7 Å². The summed E-state index contributed by atoms with van der Waals surface area (Å²) in [6.45, 7) is 2.31. The first-order chi connectivity index (χ1) is 6.40. The van der Waals surface area contributed by atoms with Gasteiger partial charge in [-0.3, -0.25) is 5.10 Å². The van der Waals surface area contributed by atoms with E-state index < -0.39 is 0 Å². The van der Waals surface area contributed by atoms with E-state index in [1.54, 1.807) is 0 Å². The third-order valence-corrected chi connectivity index (χ3v) is 2.51. The maximum absolute atomic E-state index is 8.73. The van der Waals surface area contributed by atoms with Crippen LogP contribution >= 0.6 is 0 Å². The molecule has 0 saturated carbocycles. The van der Waals surface area contributed by atoms with E-state index in [1.807, 2.05) is 0 Å². The molecular formula is C9H15N3O. The zero-order chi connectivity index (χ0) is 9.10. The Kier molecular flexibility index (Phi) is 2.61. The van der Waals surface area contributed by atoms with E-state index in [4.69, 9.17) is 5.11 Å². The molecule has 2 heterocycles. The Labute approximate surface area is 77.4 Å². The van der Waals surface area contributed by atoms with E-state index in [2.05, 4.69) is 21.6 Å². The number of nitrogens with zero attached hydrogens (tertiary/aromatic N) is 1. The minimum absolute atomic E-state index is 0.185. The lowest BCUT2D eigenvalue weighted by Crippen LogP contribution is -2.08. The lowest BCUT2D eigenvalue weighted by atomic mass is 10.0. The molecule has 0 spiro atoms. The van der Waals surface area contributed by atoms with E-state index in [0.717, 1.165) is 24.5 Å². The van der Waals surface area contributed by atoms with Gasteiger partial charge in [0.25, 0.3) is 0 Å². The molecule has 13 heavy (non-hydrogen) atoms. The number of hydrogen-bond donors (Lipinski definition) is 3. The van der Waals surface area contributed by atoms with Crippen LogP contribution in [0.15, 0.2) is 6.07 Å². The van der Waals surface area contributed by atoms with Crippen LogP contribution in [0.2, 0.25) is 0 Å². The fraction of sp³-hybridized carbons (Fsp3) is 0.667. The van der Waals surface area contributed by atoms with E-state index in [0.29, 0.717) is 12.3 Å².